The second-order valence-electron chi connectivity index (χ2n) is 3.14. The predicted octanol–water partition coefficient (Wildman–Crippen LogP) is 3.11. The molecule has 0 aliphatic carbocycles. The summed E-state index contributed by atoms with van der Waals surface area (Å²) in [5.74, 6) is -1.78. The molecule has 0 N–H and O–H groups in total. The normalized spacial score (nSPS) is 9.69. The first-order valence-corrected chi connectivity index (χ1v) is 4.88. The van der Waals surface area contributed by atoms with Crippen molar-refractivity contribution < 1.29 is 18.3 Å². The molecule has 0 spiro atoms. The fraction of sp³-hybridized carbons (Fsp3) is 0.364. The first-order valence-electron chi connectivity index (χ1n) is 4.88. The van der Waals surface area contributed by atoms with Crippen LogP contribution in [0.1, 0.15) is 19.8 Å². The topological polar surface area (TPSA) is 38.7 Å². The molecular weight excluding hydrogens is 216 g/mol. The molecule has 3 nitrogen and oxygen atoms in total. The molecule has 0 atom stereocenters. The molecule has 0 aliphatic heterocycles. The van der Waals surface area contributed by atoms with Crippen LogP contribution in [0.4, 0.5) is 14.5 Å². The summed E-state index contributed by atoms with van der Waals surface area (Å²) in [5, 5.41) is 0. The zero-order valence-corrected chi connectivity index (χ0v) is 8.80. The van der Waals surface area contributed by atoms with E-state index in [1.54, 1.807) is 0 Å². The lowest BCUT2D eigenvalue weighted by Gasteiger charge is -2.06. The number of aliphatic imine (C=N–C) groups is 1. The molecule has 0 saturated carbocycles. The molecule has 1 aromatic carbocycles. The maximum absolute atomic E-state index is 13.2. The molecule has 16 heavy (non-hydrogen) atoms. The van der Waals surface area contributed by atoms with Crippen molar-refractivity contribution in [3.8, 4) is 5.75 Å². The number of ether oxygens (including phenoxy) is 1. The number of rotatable bonds is 5. The highest BCUT2D eigenvalue weighted by Gasteiger charge is 2.11. The van der Waals surface area contributed by atoms with Crippen molar-refractivity contribution in [3.63, 3.8) is 0 Å². The Morgan fingerprint density at radius 1 is 1.38 bits per heavy atom. The summed E-state index contributed by atoms with van der Waals surface area (Å²) in [6, 6.07) is 1.99. The molecule has 0 heterocycles. The van der Waals surface area contributed by atoms with Gasteiger partial charge in [0.1, 0.15) is 11.4 Å². The van der Waals surface area contributed by atoms with Gasteiger partial charge in [0.05, 0.1) is 6.61 Å². The molecule has 1 rings (SSSR count). The monoisotopic (exact) mass is 227 g/mol. The summed E-state index contributed by atoms with van der Waals surface area (Å²) in [4.78, 5) is 12.9. The Bertz CT molecular complexity index is 391. The number of hydrogen-bond acceptors (Lipinski definition) is 3. The first kappa shape index (κ1) is 12.3. The molecule has 0 bridgehead atoms. The van der Waals surface area contributed by atoms with Crippen molar-refractivity contribution >= 4 is 11.8 Å². The van der Waals surface area contributed by atoms with Crippen molar-refractivity contribution in [1.82, 2.24) is 0 Å². The van der Waals surface area contributed by atoms with Crippen LogP contribution in [-0.4, -0.2) is 12.7 Å². The summed E-state index contributed by atoms with van der Waals surface area (Å²) in [7, 11) is 0. The van der Waals surface area contributed by atoms with Crippen molar-refractivity contribution in [2.45, 2.75) is 19.8 Å². The van der Waals surface area contributed by atoms with Crippen LogP contribution >= 0.6 is 0 Å². The molecule has 5 heteroatoms. The number of carbonyl (C=O) groups excluding carboxylic acids is 1. The third-order valence-electron chi connectivity index (χ3n) is 1.91. The zero-order chi connectivity index (χ0) is 12.0. The SMILES string of the molecule is CCCCOc1cc(F)c(N=C=O)c(F)c1. The number of nitrogens with zero attached hydrogens (tertiary/aromatic N) is 1. The Kier molecular flexibility index (Phi) is 4.61. The van der Waals surface area contributed by atoms with Crippen molar-refractivity contribution in [3.05, 3.63) is 23.8 Å². The summed E-state index contributed by atoms with van der Waals surface area (Å²) in [6.45, 7) is 2.37. The van der Waals surface area contributed by atoms with Gasteiger partial charge in [-0.2, -0.15) is 4.99 Å². The molecule has 0 unspecified atom stereocenters. The minimum atomic E-state index is -0.935. The van der Waals surface area contributed by atoms with Crippen molar-refractivity contribution in [2.24, 2.45) is 4.99 Å². The Labute approximate surface area is 91.8 Å². The van der Waals surface area contributed by atoms with E-state index in [2.05, 4.69) is 4.99 Å². The van der Waals surface area contributed by atoms with Gasteiger partial charge in [-0.25, -0.2) is 13.6 Å². The fourth-order valence-corrected chi connectivity index (χ4v) is 1.11. The third kappa shape index (κ3) is 3.14. The van der Waals surface area contributed by atoms with E-state index in [9.17, 15) is 13.6 Å². The minimum Gasteiger partial charge on any atom is -0.493 e. The smallest absolute Gasteiger partial charge is 0.240 e. The van der Waals surface area contributed by atoms with Crippen LogP contribution in [0.2, 0.25) is 0 Å². The Morgan fingerprint density at radius 2 is 2.00 bits per heavy atom. The zero-order valence-electron chi connectivity index (χ0n) is 8.80. The highest BCUT2D eigenvalue weighted by molar-refractivity contribution is 5.52. The van der Waals surface area contributed by atoms with Gasteiger partial charge in [-0.15, -0.1) is 0 Å². The third-order valence-corrected chi connectivity index (χ3v) is 1.91. The van der Waals surface area contributed by atoms with Gasteiger partial charge < -0.3 is 4.74 Å². The predicted molar refractivity (Wildman–Crippen MR) is 54.5 cm³/mol. The number of halogens is 2. The second kappa shape index (κ2) is 5.98. The number of isocyanates is 1. The lowest BCUT2D eigenvalue weighted by atomic mass is 10.2. The minimum absolute atomic E-state index is 0.0910. The van der Waals surface area contributed by atoms with Gasteiger partial charge >= 0.3 is 0 Å². The fourth-order valence-electron chi connectivity index (χ4n) is 1.11. The quantitative estimate of drug-likeness (QED) is 0.440. The lowest BCUT2D eigenvalue weighted by molar-refractivity contribution is 0.306. The molecule has 0 aromatic heterocycles. The maximum Gasteiger partial charge on any atom is 0.240 e. The highest BCUT2D eigenvalue weighted by Crippen LogP contribution is 2.26. The number of hydrogen-bond donors (Lipinski definition) is 0. The van der Waals surface area contributed by atoms with E-state index in [1.807, 2.05) is 6.92 Å². The largest absolute Gasteiger partial charge is 0.493 e. The molecule has 0 aliphatic rings. The molecule has 0 saturated heterocycles. The molecule has 86 valence electrons. The maximum atomic E-state index is 13.2. The van der Waals surface area contributed by atoms with Crippen LogP contribution < -0.4 is 4.74 Å². The van der Waals surface area contributed by atoms with Crippen molar-refractivity contribution in [2.75, 3.05) is 6.61 Å². The molecule has 0 amide bonds. The molecule has 0 fully saturated rings. The van der Waals surface area contributed by atoms with E-state index in [0.717, 1.165) is 31.1 Å². The van der Waals surface area contributed by atoms with Gasteiger partial charge in [0.2, 0.25) is 6.08 Å². The number of unbranched alkanes of at least 4 members (excludes halogenated alkanes) is 1. The van der Waals surface area contributed by atoms with Gasteiger partial charge in [0, 0.05) is 12.1 Å². The van der Waals surface area contributed by atoms with E-state index in [0.29, 0.717) is 6.61 Å². The van der Waals surface area contributed by atoms with E-state index >= 15 is 0 Å². The summed E-state index contributed by atoms with van der Waals surface area (Å²) in [5.41, 5.74) is -0.641. The first-order chi connectivity index (χ1) is 7.69. The van der Waals surface area contributed by atoms with Gasteiger partial charge in [-0.05, 0) is 6.42 Å². The summed E-state index contributed by atoms with van der Waals surface area (Å²) in [6.07, 6.45) is 2.82. The Balaban J connectivity index is 2.87. The second-order valence-corrected chi connectivity index (χ2v) is 3.14. The summed E-state index contributed by atoms with van der Waals surface area (Å²) < 4.78 is 31.5. The van der Waals surface area contributed by atoms with Crippen LogP contribution in [0, 0.1) is 11.6 Å². The Hall–Kier alpha value is -1.74. The summed E-state index contributed by atoms with van der Waals surface area (Å²) >= 11 is 0. The van der Waals surface area contributed by atoms with E-state index in [4.69, 9.17) is 4.74 Å². The molecule has 0 radical (unpaired) electrons. The molecular formula is C11H11F2NO2. The van der Waals surface area contributed by atoms with Crippen LogP contribution in [-0.2, 0) is 4.79 Å². The van der Waals surface area contributed by atoms with E-state index in [1.165, 1.54) is 0 Å². The van der Waals surface area contributed by atoms with E-state index in [-0.39, 0.29) is 5.75 Å². The van der Waals surface area contributed by atoms with Crippen LogP contribution in [0.5, 0.6) is 5.75 Å². The average Bonchev–Trinajstić information content (AvgIpc) is 2.24. The standard InChI is InChI=1S/C11H11F2NO2/c1-2-3-4-16-8-5-9(12)11(14-7-15)10(13)6-8/h5-6H,2-4H2,1H3. The van der Waals surface area contributed by atoms with Gasteiger partial charge in [-0.1, -0.05) is 13.3 Å². The van der Waals surface area contributed by atoms with Crippen LogP contribution in [0.25, 0.3) is 0 Å². The highest BCUT2D eigenvalue weighted by atomic mass is 19.1. The number of benzene rings is 1. The van der Waals surface area contributed by atoms with Crippen LogP contribution in [0.15, 0.2) is 17.1 Å². The average molecular weight is 227 g/mol. The molecule has 1 aromatic rings. The van der Waals surface area contributed by atoms with Gasteiger partial charge in [0.25, 0.3) is 0 Å². The van der Waals surface area contributed by atoms with Gasteiger partial charge in [-0.3, -0.25) is 0 Å². The van der Waals surface area contributed by atoms with Gasteiger partial charge in [0.15, 0.2) is 11.6 Å². The van der Waals surface area contributed by atoms with Crippen LogP contribution in [0.3, 0.4) is 0 Å². The Morgan fingerprint density at radius 3 is 2.50 bits per heavy atom. The lowest BCUT2D eigenvalue weighted by Crippen LogP contribution is -1.97. The van der Waals surface area contributed by atoms with Crippen molar-refractivity contribution in [1.29, 1.82) is 0 Å². The van der Waals surface area contributed by atoms with E-state index < -0.39 is 17.3 Å².